The van der Waals surface area contributed by atoms with E-state index in [0.29, 0.717) is 23.6 Å². The van der Waals surface area contributed by atoms with E-state index in [1.165, 1.54) is 21.1 Å². The molecule has 0 aromatic heterocycles. The standard InChI is InChI=1S/C12H18FNO3/c1-8(13)9-5-10(7-14-17-4)12(16-3)11(6-9)15-2/h5-6,8,14H,7H2,1-4H3. The number of nitrogens with one attached hydrogen (secondary N) is 1. The summed E-state index contributed by atoms with van der Waals surface area (Å²) in [6.45, 7) is 1.89. The molecule has 0 saturated carbocycles. The summed E-state index contributed by atoms with van der Waals surface area (Å²) >= 11 is 0. The van der Waals surface area contributed by atoms with Crippen LogP contribution in [0, 0.1) is 0 Å². The van der Waals surface area contributed by atoms with Crippen LogP contribution in [0.3, 0.4) is 0 Å². The molecule has 1 N–H and O–H groups in total. The summed E-state index contributed by atoms with van der Waals surface area (Å²) in [5, 5.41) is 0. The van der Waals surface area contributed by atoms with E-state index in [9.17, 15) is 4.39 Å². The fraction of sp³-hybridized carbons (Fsp3) is 0.500. The van der Waals surface area contributed by atoms with E-state index in [1.54, 1.807) is 19.2 Å². The van der Waals surface area contributed by atoms with Gasteiger partial charge in [-0.05, 0) is 24.6 Å². The maximum absolute atomic E-state index is 13.3. The number of hydroxylamine groups is 1. The van der Waals surface area contributed by atoms with Crippen LogP contribution in [0.25, 0.3) is 0 Å². The van der Waals surface area contributed by atoms with Crippen molar-refractivity contribution >= 4 is 0 Å². The number of alkyl halides is 1. The Morgan fingerprint density at radius 3 is 2.41 bits per heavy atom. The molecule has 0 heterocycles. The largest absolute Gasteiger partial charge is 0.493 e. The van der Waals surface area contributed by atoms with Crippen LogP contribution in [0.4, 0.5) is 4.39 Å². The zero-order chi connectivity index (χ0) is 12.8. The highest BCUT2D eigenvalue weighted by Crippen LogP contribution is 2.35. The van der Waals surface area contributed by atoms with Crippen LogP contribution in [0.5, 0.6) is 11.5 Å². The summed E-state index contributed by atoms with van der Waals surface area (Å²) in [4.78, 5) is 4.78. The molecule has 0 spiro atoms. The first-order valence-electron chi connectivity index (χ1n) is 5.28. The number of benzene rings is 1. The number of ether oxygens (including phenoxy) is 2. The molecular formula is C12H18FNO3. The molecule has 0 fully saturated rings. The van der Waals surface area contributed by atoms with Gasteiger partial charge in [-0.3, -0.25) is 0 Å². The Hall–Kier alpha value is -1.33. The van der Waals surface area contributed by atoms with Gasteiger partial charge in [0.1, 0.15) is 6.17 Å². The molecule has 0 radical (unpaired) electrons. The normalized spacial score (nSPS) is 12.3. The van der Waals surface area contributed by atoms with Crippen molar-refractivity contribution in [2.45, 2.75) is 19.6 Å². The molecule has 0 aliphatic heterocycles. The van der Waals surface area contributed by atoms with Gasteiger partial charge in [-0.1, -0.05) is 0 Å². The Labute approximate surface area is 101 Å². The molecule has 17 heavy (non-hydrogen) atoms. The third-order valence-electron chi connectivity index (χ3n) is 2.44. The van der Waals surface area contributed by atoms with Gasteiger partial charge in [0.05, 0.1) is 21.3 Å². The molecule has 5 heteroatoms. The Kier molecular flexibility index (Phi) is 5.18. The molecular weight excluding hydrogens is 225 g/mol. The monoisotopic (exact) mass is 243 g/mol. The minimum atomic E-state index is -1.06. The molecule has 1 aromatic carbocycles. The van der Waals surface area contributed by atoms with Gasteiger partial charge < -0.3 is 14.3 Å². The van der Waals surface area contributed by atoms with Crippen molar-refractivity contribution in [2.75, 3.05) is 21.3 Å². The van der Waals surface area contributed by atoms with Crippen LogP contribution in [-0.2, 0) is 11.4 Å². The van der Waals surface area contributed by atoms with E-state index in [4.69, 9.17) is 14.3 Å². The fourth-order valence-corrected chi connectivity index (χ4v) is 1.58. The molecule has 0 amide bonds. The topological polar surface area (TPSA) is 39.7 Å². The maximum atomic E-state index is 13.3. The predicted molar refractivity (Wildman–Crippen MR) is 62.9 cm³/mol. The quantitative estimate of drug-likeness (QED) is 0.779. The van der Waals surface area contributed by atoms with E-state index in [2.05, 4.69) is 5.48 Å². The average molecular weight is 243 g/mol. The highest BCUT2D eigenvalue weighted by atomic mass is 19.1. The first-order valence-corrected chi connectivity index (χ1v) is 5.28. The molecule has 0 bridgehead atoms. The van der Waals surface area contributed by atoms with Gasteiger partial charge in [0.25, 0.3) is 0 Å². The van der Waals surface area contributed by atoms with Crippen molar-refractivity contribution in [3.8, 4) is 11.5 Å². The Bertz CT molecular complexity index is 369. The van der Waals surface area contributed by atoms with Crippen LogP contribution >= 0.6 is 0 Å². The average Bonchev–Trinajstić information content (AvgIpc) is 2.34. The summed E-state index contributed by atoms with van der Waals surface area (Å²) in [6.07, 6.45) is -1.06. The van der Waals surface area contributed by atoms with Gasteiger partial charge in [0, 0.05) is 12.1 Å². The number of hydrogen-bond acceptors (Lipinski definition) is 4. The third kappa shape index (κ3) is 3.31. The Balaban J connectivity index is 3.17. The summed E-state index contributed by atoms with van der Waals surface area (Å²) in [7, 11) is 4.59. The van der Waals surface area contributed by atoms with Crippen LogP contribution in [0.2, 0.25) is 0 Å². The number of halogens is 1. The highest BCUT2D eigenvalue weighted by molar-refractivity contribution is 5.50. The lowest BCUT2D eigenvalue weighted by molar-refractivity contribution is 0.0860. The first kappa shape index (κ1) is 13.7. The van der Waals surface area contributed by atoms with Gasteiger partial charge >= 0.3 is 0 Å². The van der Waals surface area contributed by atoms with Gasteiger partial charge in [-0.25, -0.2) is 4.39 Å². The van der Waals surface area contributed by atoms with Crippen LogP contribution in [0.15, 0.2) is 12.1 Å². The van der Waals surface area contributed by atoms with Crippen molar-refractivity contribution in [2.24, 2.45) is 0 Å². The number of rotatable bonds is 6. The minimum Gasteiger partial charge on any atom is -0.493 e. The molecule has 4 nitrogen and oxygen atoms in total. The molecule has 0 aliphatic carbocycles. The smallest absolute Gasteiger partial charge is 0.165 e. The Morgan fingerprint density at radius 2 is 1.94 bits per heavy atom. The second-order valence-electron chi connectivity index (χ2n) is 3.56. The molecule has 1 unspecified atom stereocenters. The molecule has 1 rings (SSSR count). The van der Waals surface area contributed by atoms with Crippen molar-refractivity contribution < 1.29 is 18.7 Å². The summed E-state index contributed by atoms with van der Waals surface area (Å²) < 4.78 is 23.8. The minimum absolute atomic E-state index is 0.413. The lowest BCUT2D eigenvalue weighted by Crippen LogP contribution is -2.12. The van der Waals surface area contributed by atoms with Crippen LogP contribution in [-0.4, -0.2) is 21.3 Å². The van der Waals surface area contributed by atoms with Crippen molar-refractivity contribution in [1.29, 1.82) is 0 Å². The number of methoxy groups -OCH3 is 2. The molecule has 1 atom stereocenters. The molecule has 1 aromatic rings. The maximum Gasteiger partial charge on any atom is 0.165 e. The number of hydrogen-bond donors (Lipinski definition) is 1. The zero-order valence-corrected chi connectivity index (χ0v) is 10.5. The van der Waals surface area contributed by atoms with E-state index in [0.717, 1.165) is 5.56 Å². The first-order chi connectivity index (χ1) is 8.13. The van der Waals surface area contributed by atoms with Crippen molar-refractivity contribution in [1.82, 2.24) is 5.48 Å². The molecule has 0 aliphatic rings. The predicted octanol–water partition coefficient (Wildman–Crippen LogP) is 2.39. The second kappa shape index (κ2) is 6.42. The molecule has 0 saturated heterocycles. The van der Waals surface area contributed by atoms with E-state index < -0.39 is 6.17 Å². The third-order valence-corrected chi connectivity index (χ3v) is 2.44. The lowest BCUT2D eigenvalue weighted by Gasteiger charge is -2.15. The van der Waals surface area contributed by atoms with Crippen LogP contribution in [0.1, 0.15) is 24.2 Å². The SMILES string of the molecule is CONCc1cc(C(C)F)cc(OC)c1OC. The van der Waals surface area contributed by atoms with Crippen molar-refractivity contribution in [3.05, 3.63) is 23.3 Å². The van der Waals surface area contributed by atoms with Crippen LogP contribution < -0.4 is 15.0 Å². The van der Waals surface area contributed by atoms with Crippen molar-refractivity contribution in [3.63, 3.8) is 0 Å². The summed E-state index contributed by atoms with van der Waals surface area (Å²) in [6, 6.07) is 3.37. The van der Waals surface area contributed by atoms with E-state index >= 15 is 0 Å². The fourth-order valence-electron chi connectivity index (χ4n) is 1.58. The molecule has 96 valence electrons. The van der Waals surface area contributed by atoms with E-state index in [1.807, 2.05) is 0 Å². The summed E-state index contributed by atoms with van der Waals surface area (Å²) in [5.74, 6) is 1.10. The van der Waals surface area contributed by atoms with Gasteiger partial charge in [-0.15, -0.1) is 0 Å². The Morgan fingerprint density at radius 1 is 1.24 bits per heavy atom. The highest BCUT2D eigenvalue weighted by Gasteiger charge is 2.15. The van der Waals surface area contributed by atoms with E-state index in [-0.39, 0.29) is 0 Å². The summed E-state index contributed by atoms with van der Waals surface area (Å²) in [5.41, 5.74) is 4.04. The zero-order valence-electron chi connectivity index (χ0n) is 10.5. The second-order valence-corrected chi connectivity index (χ2v) is 3.56. The van der Waals surface area contributed by atoms with Gasteiger partial charge in [0.2, 0.25) is 0 Å². The van der Waals surface area contributed by atoms with Gasteiger partial charge in [0.15, 0.2) is 11.5 Å². The lowest BCUT2D eigenvalue weighted by atomic mass is 10.1. The van der Waals surface area contributed by atoms with Gasteiger partial charge in [-0.2, -0.15) is 5.48 Å².